The molecule has 0 bridgehead atoms. The van der Waals surface area contributed by atoms with Crippen molar-refractivity contribution < 1.29 is 4.79 Å². The van der Waals surface area contributed by atoms with Gasteiger partial charge in [0.25, 0.3) is 5.91 Å². The Kier molecular flexibility index (Phi) is 5.45. The third-order valence-corrected chi connectivity index (χ3v) is 3.90. The highest BCUT2D eigenvalue weighted by Crippen LogP contribution is 2.29. The number of hydrogen-bond acceptors (Lipinski definition) is 4. The first kappa shape index (κ1) is 15.6. The van der Waals surface area contributed by atoms with Gasteiger partial charge in [0.15, 0.2) is 0 Å². The van der Waals surface area contributed by atoms with Crippen LogP contribution in [0.1, 0.15) is 0 Å². The van der Waals surface area contributed by atoms with Crippen LogP contribution >= 0.6 is 23.2 Å². The lowest BCUT2D eigenvalue weighted by molar-refractivity contribution is -0.127. The number of nitrogens with one attached hydrogen (secondary N) is 2. The summed E-state index contributed by atoms with van der Waals surface area (Å²) in [4.78, 5) is 13.9. The SMILES string of the molecule is N#C/C(=C/Nc1cccc(Cl)c1Cl)C(=O)N1CCNCC1. The lowest BCUT2D eigenvalue weighted by Crippen LogP contribution is -2.46. The number of piperazine rings is 1. The van der Waals surface area contributed by atoms with Gasteiger partial charge >= 0.3 is 0 Å². The van der Waals surface area contributed by atoms with Crippen LogP contribution in [0.15, 0.2) is 30.0 Å². The van der Waals surface area contributed by atoms with Crippen LogP contribution in [0.5, 0.6) is 0 Å². The lowest BCUT2D eigenvalue weighted by atomic mass is 10.2. The molecule has 1 heterocycles. The van der Waals surface area contributed by atoms with E-state index in [0.29, 0.717) is 28.8 Å². The van der Waals surface area contributed by atoms with Gasteiger partial charge in [0.1, 0.15) is 11.6 Å². The summed E-state index contributed by atoms with van der Waals surface area (Å²) in [6, 6.07) is 7.02. The predicted octanol–water partition coefficient (Wildman–Crippen LogP) is 2.24. The molecular formula is C14H14Cl2N4O. The van der Waals surface area contributed by atoms with E-state index in [1.54, 1.807) is 23.1 Å². The molecule has 1 aromatic rings. The highest BCUT2D eigenvalue weighted by Gasteiger charge is 2.20. The summed E-state index contributed by atoms with van der Waals surface area (Å²) >= 11 is 11.9. The van der Waals surface area contributed by atoms with Crippen LogP contribution in [0.4, 0.5) is 5.69 Å². The monoisotopic (exact) mass is 324 g/mol. The zero-order valence-electron chi connectivity index (χ0n) is 11.2. The van der Waals surface area contributed by atoms with Crippen molar-refractivity contribution in [2.75, 3.05) is 31.5 Å². The molecule has 110 valence electrons. The maximum atomic E-state index is 12.2. The minimum absolute atomic E-state index is 0.0351. The first-order valence-electron chi connectivity index (χ1n) is 6.44. The van der Waals surface area contributed by atoms with Crippen LogP contribution in [-0.2, 0) is 4.79 Å². The highest BCUT2D eigenvalue weighted by atomic mass is 35.5. The van der Waals surface area contributed by atoms with Crippen LogP contribution in [0.3, 0.4) is 0 Å². The quantitative estimate of drug-likeness (QED) is 0.661. The number of halogens is 2. The summed E-state index contributed by atoms with van der Waals surface area (Å²) in [5.41, 5.74) is 0.581. The van der Waals surface area contributed by atoms with E-state index in [-0.39, 0.29) is 11.5 Å². The summed E-state index contributed by atoms with van der Waals surface area (Å²) in [5, 5.41) is 15.9. The second kappa shape index (κ2) is 7.32. The smallest absolute Gasteiger partial charge is 0.266 e. The average Bonchev–Trinajstić information content (AvgIpc) is 2.52. The number of nitriles is 1. The molecule has 0 radical (unpaired) electrons. The Hall–Kier alpha value is -1.74. The molecule has 0 spiro atoms. The molecule has 0 aliphatic carbocycles. The topological polar surface area (TPSA) is 68.2 Å². The van der Waals surface area contributed by atoms with Crippen LogP contribution in [-0.4, -0.2) is 37.0 Å². The van der Waals surface area contributed by atoms with Crippen molar-refractivity contribution in [2.24, 2.45) is 0 Å². The van der Waals surface area contributed by atoms with Gasteiger partial charge in [-0.2, -0.15) is 5.26 Å². The van der Waals surface area contributed by atoms with Crippen molar-refractivity contribution in [1.29, 1.82) is 5.26 Å². The fraction of sp³-hybridized carbons (Fsp3) is 0.286. The summed E-state index contributed by atoms with van der Waals surface area (Å²) in [5.74, 6) is -0.287. The van der Waals surface area contributed by atoms with Gasteiger partial charge in [-0.15, -0.1) is 0 Å². The lowest BCUT2D eigenvalue weighted by Gasteiger charge is -2.27. The summed E-state index contributed by atoms with van der Waals surface area (Å²) in [6.07, 6.45) is 1.36. The van der Waals surface area contributed by atoms with Crippen LogP contribution < -0.4 is 10.6 Å². The van der Waals surface area contributed by atoms with Crippen LogP contribution in [0.25, 0.3) is 0 Å². The number of rotatable bonds is 3. The van der Waals surface area contributed by atoms with Gasteiger partial charge in [0.2, 0.25) is 0 Å². The van der Waals surface area contributed by atoms with Crippen molar-refractivity contribution in [3.63, 3.8) is 0 Å². The molecule has 0 unspecified atom stereocenters. The van der Waals surface area contributed by atoms with E-state index in [4.69, 9.17) is 28.5 Å². The Morgan fingerprint density at radius 1 is 1.38 bits per heavy atom. The molecule has 1 amide bonds. The van der Waals surface area contributed by atoms with E-state index in [9.17, 15) is 4.79 Å². The molecule has 5 nitrogen and oxygen atoms in total. The van der Waals surface area contributed by atoms with Crippen molar-refractivity contribution in [3.05, 3.63) is 40.0 Å². The van der Waals surface area contributed by atoms with E-state index in [2.05, 4.69) is 10.6 Å². The Morgan fingerprint density at radius 3 is 2.76 bits per heavy atom. The third kappa shape index (κ3) is 3.88. The zero-order valence-corrected chi connectivity index (χ0v) is 12.7. The number of hydrogen-bond donors (Lipinski definition) is 2. The molecular weight excluding hydrogens is 311 g/mol. The Bertz CT molecular complexity index is 603. The number of anilines is 1. The molecule has 1 aliphatic rings. The number of carbonyl (C=O) groups excluding carboxylic acids is 1. The van der Waals surface area contributed by atoms with Gasteiger partial charge in [0.05, 0.1) is 15.7 Å². The van der Waals surface area contributed by atoms with Gasteiger partial charge in [-0.1, -0.05) is 29.3 Å². The normalized spacial score (nSPS) is 15.5. The van der Waals surface area contributed by atoms with Gasteiger partial charge in [0, 0.05) is 32.4 Å². The molecule has 0 atom stereocenters. The molecule has 0 aromatic heterocycles. The number of amides is 1. The van der Waals surface area contributed by atoms with Gasteiger partial charge in [-0.3, -0.25) is 4.79 Å². The van der Waals surface area contributed by atoms with Crippen molar-refractivity contribution in [2.45, 2.75) is 0 Å². The van der Waals surface area contributed by atoms with Crippen LogP contribution in [0, 0.1) is 11.3 Å². The second-order valence-corrected chi connectivity index (χ2v) is 5.24. The fourth-order valence-corrected chi connectivity index (χ4v) is 2.30. The van der Waals surface area contributed by atoms with Gasteiger partial charge in [-0.05, 0) is 12.1 Å². The Labute approximate surface area is 133 Å². The molecule has 7 heteroatoms. The van der Waals surface area contributed by atoms with E-state index in [1.165, 1.54) is 6.20 Å². The van der Waals surface area contributed by atoms with Crippen LogP contribution in [0.2, 0.25) is 10.0 Å². The molecule has 0 saturated carbocycles. The number of carbonyl (C=O) groups is 1. The zero-order chi connectivity index (χ0) is 15.2. The van der Waals surface area contributed by atoms with E-state index < -0.39 is 0 Å². The molecule has 1 aliphatic heterocycles. The largest absolute Gasteiger partial charge is 0.359 e. The van der Waals surface area contributed by atoms with E-state index >= 15 is 0 Å². The Morgan fingerprint density at radius 2 is 2.10 bits per heavy atom. The minimum Gasteiger partial charge on any atom is -0.359 e. The van der Waals surface area contributed by atoms with Gasteiger partial charge in [-0.25, -0.2) is 0 Å². The number of benzene rings is 1. The van der Waals surface area contributed by atoms with E-state index in [0.717, 1.165) is 13.1 Å². The molecule has 21 heavy (non-hydrogen) atoms. The molecule has 1 aromatic carbocycles. The summed E-state index contributed by atoms with van der Waals surface area (Å²) < 4.78 is 0. The van der Waals surface area contributed by atoms with Gasteiger partial charge < -0.3 is 15.5 Å². The third-order valence-electron chi connectivity index (χ3n) is 3.08. The second-order valence-electron chi connectivity index (χ2n) is 4.46. The Balaban J connectivity index is 2.11. The summed E-state index contributed by atoms with van der Waals surface area (Å²) in [6.45, 7) is 2.65. The molecule has 2 rings (SSSR count). The minimum atomic E-state index is -0.287. The van der Waals surface area contributed by atoms with Crippen molar-refractivity contribution in [3.8, 4) is 6.07 Å². The molecule has 1 fully saturated rings. The average molecular weight is 325 g/mol. The predicted molar refractivity (Wildman–Crippen MR) is 83.2 cm³/mol. The fourth-order valence-electron chi connectivity index (χ4n) is 1.95. The van der Waals surface area contributed by atoms with Crippen molar-refractivity contribution in [1.82, 2.24) is 10.2 Å². The molecule has 1 saturated heterocycles. The first-order valence-corrected chi connectivity index (χ1v) is 7.20. The van der Waals surface area contributed by atoms with E-state index in [1.807, 2.05) is 6.07 Å². The highest BCUT2D eigenvalue weighted by molar-refractivity contribution is 6.43. The standard InChI is InChI=1S/C14H14Cl2N4O/c15-11-2-1-3-12(13(11)16)19-9-10(8-17)14(21)20-6-4-18-5-7-20/h1-3,9,18-19H,4-7H2/b10-9-. The van der Waals surface area contributed by atoms with Crippen molar-refractivity contribution >= 4 is 34.8 Å². The maximum Gasteiger partial charge on any atom is 0.266 e. The molecule has 2 N–H and O–H groups in total. The maximum absolute atomic E-state index is 12.2. The number of nitrogens with zero attached hydrogens (tertiary/aromatic N) is 2. The summed E-state index contributed by atoms with van der Waals surface area (Å²) in [7, 11) is 0. The first-order chi connectivity index (χ1) is 10.1.